The molecular formula is C17H27N5O2. The van der Waals surface area contributed by atoms with E-state index in [1.54, 1.807) is 4.68 Å². The molecule has 2 N–H and O–H groups in total. The molecule has 0 spiro atoms. The summed E-state index contributed by atoms with van der Waals surface area (Å²) in [6, 6.07) is -0.0325. The van der Waals surface area contributed by atoms with Gasteiger partial charge >= 0.3 is 6.03 Å². The van der Waals surface area contributed by atoms with Crippen molar-refractivity contribution in [1.29, 1.82) is 0 Å². The van der Waals surface area contributed by atoms with Crippen LogP contribution < -0.4 is 10.6 Å². The Morgan fingerprint density at radius 3 is 3.00 bits per heavy atom. The van der Waals surface area contributed by atoms with Gasteiger partial charge in [0.15, 0.2) is 0 Å². The molecule has 7 heteroatoms. The summed E-state index contributed by atoms with van der Waals surface area (Å²) in [6.07, 6.45) is 9.45. The summed E-state index contributed by atoms with van der Waals surface area (Å²) < 4.78 is 7.72. The lowest BCUT2D eigenvalue weighted by Gasteiger charge is -2.38. The van der Waals surface area contributed by atoms with E-state index in [0.717, 1.165) is 24.9 Å². The average molecular weight is 333 g/mol. The van der Waals surface area contributed by atoms with Gasteiger partial charge in [0.2, 0.25) is 0 Å². The fraction of sp³-hybridized carbons (Fsp3) is 0.647. The van der Waals surface area contributed by atoms with Crippen molar-refractivity contribution < 1.29 is 9.53 Å². The molecule has 1 aliphatic carbocycles. The number of aromatic nitrogens is 2. The highest BCUT2D eigenvalue weighted by atomic mass is 16.5. The molecular weight excluding hydrogens is 306 g/mol. The fourth-order valence-electron chi connectivity index (χ4n) is 3.44. The zero-order valence-electron chi connectivity index (χ0n) is 14.5. The summed E-state index contributed by atoms with van der Waals surface area (Å²) >= 11 is 0. The first-order valence-corrected chi connectivity index (χ1v) is 8.63. The summed E-state index contributed by atoms with van der Waals surface area (Å²) in [5.74, 6) is 0. The van der Waals surface area contributed by atoms with Crippen molar-refractivity contribution in [3.63, 3.8) is 0 Å². The second-order valence-corrected chi connectivity index (χ2v) is 6.60. The molecule has 7 nitrogen and oxygen atoms in total. The standard InChI is InChI=1S/C17H27N5O2/c1-21-7-8-24-15(16(21)14-10-20-22(2)12-14)11-19-17(23)18-9-13-5-3-4-6-13/h5,10,12,15-16H,3-4,6-9,11H2,1-2H3,(H2,18,19,23)/t15-,16-/m0/s1. The summed E-state index contributed by atoms with van der Waals surface area (Å²) in [6.45, 7) is 2.67. The van der Waals surface area contributed by atoms with Crippen molar-refractivity contribution in [3.05, 3.63) is 29.6 Å². The number of ether oxygens (including phenoxy) is 1. The molecule has 132 valence electrons. The van der Waals surface area contributed by atoms with Crippen molar-refractivity contribution in [2.45, 2.75) is 31.4 Å². The van der Waals surface area contributed by atoms with Gasteiger partial charge in [-0.1, -0.05) is 11.6 Å². The molecule has 2 amide bonds. The third kappa shape index (κ3) is 4.15. The predicted molar refractivity (Wildman–Crippen MR) is 91.7 cm³/mol. The molecule has 2 aliphatic rings. The van der Waals surface area contributed by atoms with Crippen LogP contribution in [0.15, 0.2) is 24.0 Å². The van der Waals surface area contributed by atoms with Gasteiger partial charge in [-0.15, -0.1) is 0 Å². The van der Waals surface area contributed by atoms with Crippen molar-refractivity contribution in [1.82, 2.24) is 25.3 Å². The normalized spacial score (nSPS) is 24.7. The molecule has 1 fully saturated rings. The SMILES string of the molecule is CN1CCO[C@@H](CNC(=O)NCC2=CCCC2)[C@@H]1c1cnn(C)c1. The molecule has 0 radical (unpaired) electrons. The van der Waals surface area contributed by atoms with Gasteiger partial charge in [-0.25, -0.2) is 4.79 Å². The number of rotatable bonds is 5. The Morgan fingerprint density at radius 1 is 1.42 bits per heavy atom. The largest absolute Gasteiger partial charge is 0.373 e. The van der Waals surface area contributed by atoms with E-state index < -0.39 is 0 Å². The minimum absolute atomic E-state index is 0.0793. The maximum Gasteiger partial charge on any atom is 0.315 e. The lowest BCUT2D eigenvalue weighted by atomic mass is 10.0. The van der Waals surface area contributed by atoms with Crippen LogP contribution in [0, 0.1) is 0 Å². The number of likely N-dealkylation sites (N-methyl/N-ethyl adjacent to an activating group) is 1. The molecule has 0 saturated carbocycles. The van der Waals surface area contributed by atoms with Crippen LogP contribution in [0.2, 0.25) is 0 Å². The van der Waals surface area contributed by atoms with E-state index in [2.05, 4.69) is 33.8 Å². The van der Waals surface area contributed by atoms with Gasteiger partial charge in [0.25, 0.3) is 0 Å². The second kappa shape index (κ2) is 7.81. The molecule has 2 heterocycles. The molecule has 0 bridgehead atoms. The van der Waals surface area contributed by atoms with Gasteiger partial charge in [-0.2, -0.15) is 5.10 Å². The van der Waals surface area contributed by atoms with Crippen LogP contribution >= 0.6 is 0 Å². The van der Waals surface area contributed by atoms with E-state index in [1.807, 2.05) is 19.4 Å². The number of amides is 2. The number of carbonyl (C=O) groups excluding carboxylic acids is 1. The number of morpholine rings is 1. The first kappa shape index (κ1) is 17.0. The van der Waals surface area contributed by atoms with Crippen molar-refractivity contribution in [2.75, 3.05) is 33.3 Å². The van der Waals surface area contributed by atoms with Crippen LogP contribution in [0.1, 0.15) is 30.9 Å². The smallest absolute Gasteiger partial charge is 0.315 e. The highest BCUT2D eigenvalue weighted by molar-refractivity contribution is 5.74. The number of hydrogen-bond donors (Lipinski definition) is 2. The molecule has 1 aliphatic heterocycles. The first-order chi connectivity index (χ1) is 11.6. The predicted octanol–water partition coefficient (Wildman–Crippen LogP) is 1.20. The van der Waals surface area contributed by atoms with Crippen LogP contribution in [0.4, 0.5) is 4.79 Å². The zero-order valence-corrected chi connectivity index (χ0v) is 14.5. The number of nitrogens with zero attached hydrogens (tertiary/aromatic N) is 3. The molecule has 0 aromatic carbocycles. The van der Waals surface area contributed by atoms with Crippen LogP contribution in [0.25, 0.3) is 0 Å². The summed E-state index contributed by atoms with van der Waals surface area (Å²) in [5, 5.41) is 10.1. The molecule has 3 rings (SSSR count). The van der Waals surface area contributed by atoms with Crippen molar-refractivity contribution in [2.24, 2.45) is 7.05 Å². The van der Waals surface area contributed by atoms with E-state index in [4.69, 9.17) is 4.74 Å². The van der Waals surface area contributed by atoms with Crippen LogP contribution in [-0.2, 0) is 11.8 Å². The number of carbonyl (C=O) groups is 1. The second-order valence-electron chi connectivity index (χ2n) is 6.60. The number of urea groups is 1. The lowest BCUT2D eigenvalue weighted by Crippen LogP contribution is -2.49. The van der Waals surface area contributed by atoms with Gasteiger partial charge in [0, 0.05) is 38.4 Å². The Bertz CT molecular complexity index is 598. The summed E-state index contributed by atoms with van der Waals surface area (Å²) in [5.41, 5.74) is 2.44. The Labute approximate surface area is 143 Å². The topological polar surface area (TPSA) is 71.4 Å². The van der Waals surface area contributed by atoms with Gasteiger partial charge in [-0.3, -0.25) is 9.58 Å². The Morgan fingerprint density at radius 2 is 2.29 bits per heavy atom. The van der Waals surface area contributed by atoms with E-state index in [9.17, 15) is 4.79 Å². The molecule has 1 saturated heterocycles. The Kier molecular flexibility index (Phi) is 5.52. The summed E-state index contributed by atoms with van der Waals surface area (Å²) in [4.78, 5) is 14.3. The highest BCUT2D eigenvalue weighted by Crippen LogP contribution is 2.27. The molecule has 1 aromatic rings. The molecule has 24 heavy (non-hydrogen) atoms. The van der Waals surface area contributed by atoms with Crippen molar-refractivity contribution in [3.8, 4) is 0 Å². The number of nitrogens with one attached hydrogen (secondary N) is 2. The van der Waals surface area contributed by atoms with Crippen LogP contribution in [-0.4, -0.2) is 60.1 Å². The van der Waals surface area contributed by atoms with E-state index in [0.29, 0.717) is 19.7 Å². The Balaban J connectivity index is 1.52. The first-order valence-electron chi connectivity index (χ1n) is 8.63. The van der Waals surface area contributed by atoms with E-state index in [1.165, 1.54) is 12.0 Å². The Hall–Kier alpha value is -1.86. The zero-order chi connectivity index (χ0) is 16.9. The maximum absolute atomic E-state index is 12.0. The monoisotopic (exact) mass is 333 g/mol. The van der Waals surface area contributed by atoms with Gasteiger partial charge in [-0.05, 0) is 26.3 Å². The fourth-order valence-corrected chi connectivity index (χ4v) is 3.44. The molecule has 2 atom stereocenters. The third-order valence-corrected chi connectivity index (χ3v) is 4.74. The number of aryl methyl sites for hydroxylation is 1. The molecule has 1 aromatic heterocycles. The summed E-state index contributed by atoms with van der Waals surface area (Å²) in [7, 11) is 3.99. The van der Waals surface area contributed by atoms with Gasteiger partial charge in [0.05, 0.1) is 24.9 Å². The van der Waals surface area contributed by atoms with Crippen molar-refractivity contribution >= 4 is 6.03 Å². The number of allylic oxidation sites excluding steroid dienone is 1. The third-order valence-electron chi connectivity index (χ3n) is 4.74. The minimum Gasteiger partial charge on any atom is -0.373 e. The molecule has 0 unspecified atom stereocenters. The maximum atomic E-state index is 12.0. The number of hydrogen-bond acceptors (Lipinski definition) is 4. The van der Waals surface area contributed by atoms with E-state index in [-0.39, 0.29) is 18.2 Å². The lowest BCUT2D eigenvalue weighted by molar-refractivity contribution is -0.0601. The highest BCUT2D eigenvalue weighted by Gasteiger charge is 2.32. The van der Waals surface area contributed by atoms with E-state index >= 15 is 0 Å². The quantitative estimate of drug-likeness (QED) is 0.795. The van der Waals surface area contributed by atoms with Crippen LogP contribution in [0.3, 0.4) is 0 Å². The van der Waals surface area contributed by atoms with Crippen LogP contribution in [0.5, 0.6) is 0 Å². The van der Waals surface area contributed by atoms with Gasteiger partial charge < -0.3 is 15.4 Å². The average Bonchev–Trinajstić information content (AvgIpc) is 3.22. The minimum atomic E-state index is -0.135. The van der Waals surface area contributed by atoms with Gasteiger partial charge in [0.1, 0.15) is 0 Å².